The number of hydrogen-bond donors (Lipinski definition) is 1. The molecule has 0 aromatic heterocycles. The number of anilines is 1. The van der Waals surface area contributed by atoms with E-state index in [4.69, 9.17) is 15.2 Å². The molecule has 0 heterocycles. The Morgan fingerprint density at radius 1 is 1.44 bits per heavy atom. The van der Waals surface area contributed by atoms with Gasteiger partial charge in [-0.2, -0.15) is 0 Å². The van der Waals surface area contributed by atoms with Crippen LogP contribution in [0.2, 0.25) is 0 Å². The van der Waals surface area contributed by atoms with Gasteiger partial charge < -0.3 is 15.2 Å². The van der Waals surface area contributed by atoms with Gasteiger partial charge in [0, 0.05) is 4.47 Å². The van der Waals surface area contributed by atoms with Crippen LogP contribution < -0.4 is 10.5 Å². The van der Waals surface area contributed by atoms with Crippen molar-refractivity contribution >= 4 is 27.6 Å². The molecule has 0 saturated carbocycles. The number of nitrogen functional groups attached to an aromatic ring is 1. The summed E-state index contributed by atoms with van der Waals surface area (Å²) in [7, 11) is 1.36. The Morgan fingerprint density at radius 3 is 2.56 bits per heavy atom. The van der Waals surface area contributed by atoms with E-state index in [2.05, 4.69) is 15.9 Å². The molecule has 1 aromatic carbocycles. The van der Waals surface area contributed by atoms with E-state index in [1.54, 1.807) is 19.9 Å². The maximum Gasteiger partial charge on any atom is 0.314 e. The molecule has 0 aliphatic carbocycles. The number of methoxy groups -OCH3 is 1. The van der Waals surface area contributed by atoms with Gasteiger partial charge in [-0.3, -0.25) is 4.79 Å². The zero-order valence-corrected chi connectivity index (χ0v) is 12.6. The summed E-state index contributed by atoms with van der Waals surface area (Å²) in [4.78, 5) is 11.5. The Bertz CT molecular complexity index is 435. The fourth-order valence-electron chi connectivity index (χ4n) is 1.54. The second-order valence-corrected chi connectivity index (χ2v) is 5.72. The fourth-order valence-corrected chi connectivity index (χ4v) is 2.13. The van der Waals surface area contributed by atoms with Gasteiger partial charge in [-0.05, 0) is 38.5 Å². The first-order chi connectivity index (χ1) is 8.27. The van der Waals surface area contributed by atoms with Crippen molar-refractivity contribution in [2.75, 3.05) is 19.5 Å². The Kier molecular flexibility index (Phi) is 4.62. The van der Waals surface area contributed by atoms with E-state index in [1.165, 1.54) is 7.11 Å². The largest absolute Gasteiger partial charge is 0.490 e. The van der Waals surface area contributed by atoms with Gasteiger partial charge in [0.25, 0.3) is 0 Å². The first-order valence-corrected chi connectivity index (χ1v) is 6.34. The lowest BCUT2D eigenvalue weighted by Crippen LogP contribution is -2.32. The van der Waals surface area contributed by atoms with Crippen molar-refractivity contribution in [1.29, 1.82) is 0 Å². The lowest BCUT2D eigenvalue weighted by Gasteiger charge is -2.23. The first-order valence-electron chi connectivity index (χ1n) is 5.55. The van der Waals surface area contributed by atoms with Gasteiger partial charge in [0.15, 0.2) is 0 Å². The van der Waals surface area contributed by atoms with Crippen LogP contribution in [0.25, 0.3) is 0 Å². The summed E-state index contributed by atoms with van der Waals surface area (Å²) in [6.45, 7) is 5.65. The number of hydrogen-bond acceptors (Lipinski definition) is 4. The Morgan fingerprint density at radius 2 is 2.06 bits per heavy atom. The Labute approximate surface area is 116 Å². The molecule has 5 heteroatoms. The van der Waals surface area contributed by atoms with Crippen LogP contribution in [0, 0.1) is 12.3 Å². The highest BCUT2D eigenvalue weighted by Gasteiger charge is 2.30. The number of carbonyl (C=O) groups excluding carboxylic acids is 1. The Hall–Kier alpha value is -1.23. The van der Waals surface area contributed by atoms with Gasteiger partial charge in [0.2, 0.25) is 0 Å². The number of aryl methyl sites for hydroxylation is 1. The molecular formula is C13H18BrNO3. The van der Waals surface area contributed by atoms with Gasteiger partial charge in [-0.25, -0.2) is 0 Å². The zero-order valence-electron chi connectivity index (χ0n) is 11.0. The van der Waals surface area contributed by atoms with E-state index in [0.717, 1.165) is 10.0 Å². The van der Waals surface area contributed by atoms with Gasteiger partial charge in [0.1, 0.15) is 12.4 Å². The maximum atomic E-state index is 11.5. The molecule has 1 rings (SSSR count). The van der Waals surface area contributed by atoms with E-state index in [1.807, 2.05) is 13.0 Å². The van der Waals surface area contributed by atoms with Crippen molar-refractivity contribution in [3.63, 3.8) is 0 Å². The third-order valence-corrected chi connectivity index (χ3v) is 3.04. The summed E-state index contributed by atoms with van der Waals surface area (Å²) in [6, 6.07) is 3.68. The third-order valence-electron chi connectivity index (χ3n) is 2.58. The minimum absolute atomic E-state index is 0.215. The second kappa shape index (κ2) is 5.61. The molecule has 0 fully saturated rings. The summed E-state index contributed by atoms with van der Waals surface area (Å²) in [5, 5.41) is 0. The monoisotopic (exact) mass is 315 g/mol. The van der Waals surface area contributed by atoms with Crippen LogP contribution in [-0.2, 0) is 9.53 Å². The average molecular weight is 316 g/mol. The van der Waals surface area contributed by atoms with E-state index in [-0.39, 0.29) is 12.6 Å². The highest BCUT2D eigenvalue weighted by molar-refractivity contribution is 9.10. The molecule has 0 unspecified atom stereocenters. The number of rotatable bonds is 4. The summed E-state index contributed by atoms with van der Waals surface area (Å²) < 4.78 is 11.3. The summed E-state index contributed by atoms with van der Waals surface area (Å²) in [6.07, 6.45) is 0. The Balaban J connectivity index is 2.84. The predicted octanol–water partition coefficient (Wildman–Crippen LogP) is 2.92. The van der Waals surface area contributed by atoms with E-state index < -0.39 is 5.41 Å². The minimum Gasteiger partial charge on any atom is -0.490 e. The fraction of sp³-hybridized carbons (Fsp3) is 0.462. The van der Waals surface area contributed by atoms with Crippen LogP contribution in [0.1, 0.15) is 19.4 Å². The van der Waals surface area contributed by atoms with Crippen LogP contribution in [0.5, 0.6) is 5.75 Å². The maximum absolute atomic E-state index is 11.5. The molecule has 0 aliphatic heterocycles. The van der Waals surface area contributed by atoms with E-state index in [9.17, 15) is 4.79 Å². The third kappa shape index (κ3) is 3.38. The molecule has 0 saturated heterocycles. The average Bonchev–Trinajstić information content (AvgIpc) is 2.26. The quantitative estimate of drug-likeness (QED) is 0.685. The molecule has 0 atom stereocenters. The van der Waals surface area contributed by atoms with Crippen molar-refractivity contribution in [3.05, 3.63) is 22.2 Å². The topological polar surface area (TPSA) is 61.5 Å². The zero-order chi connectivity index (χ0) is 13.9. The molecule has 0 aliphatic rings. The predicted molar refractivity (Wildman–Crippen MR) is 74.6 cm³/mol. The van der Waals surface area contributed by atoms with Crippen LogP contribution in [0.15, 0.2) is 16.6 Å². The normalized spacial score (nSPS) is 11.2. The molecule has 1 aromatic rings. The van der Waals surface area contributed by atoms with Gasteiger partial charge in [-0.15, -0.1) is 0 Å². The SMILES string of the molecule is COC(=O)C(C)(C)COc1c(C)cc(Br)cc1N. The van der Waals surface area contributed by atoms with Gasteiger partial charge in [-0.1, -0.05) is 15.9 Å². The van der Waals surface area contributed by atoms with Crippen molar-refractivity contribution < 1.29 is 14.3 Å². The molecule has 0 radical (unpaired) electrons. The molecule has 100 valence electrons. The van der Waals surface area contributed by atoms with Crippen LogP contribution >= 0.6 is 15.9 Å². The highest BCUT2D eigenvalue weighted by atomic mass is 79.9. The van der Waals surface area contributed by atoms with Gasteiger partial charge >= 0.3 is 5.97 Å². The summed E-state index contributed by atoms with van der Waals surface area (Å²) in [5.41, 5.74) is 6.64. The lowest BCUT2D eigenvalue weighted by molar-refractivity contribution is -0.152. The lowest BCUT2D eigenvalue weighted by atomic mass is 9.95. The molecule has 0 amide bonds. The number of benzene rings is 1. The van der Waals surface area contributed by atoms with Crippen LogP contribution in [0.3, 0.4) is 0 Å². The smallest absolute Gasteiger partial charge is 0.314 e. The van der Waals surface area contributed by atoms with E-state index >= 15 is 0 Å². The number of nitrogens with two attached hydrogens (primary N) is 1. The molecule has 18 heavy (non-hydrogen) atoms. The van der Waals surface area contributed by atoms with Crippen molar-refractivity contribution in [3.8, 4) is 5.75 Å². The minimum atomic E-state index is -0.708. The second-order valence-electron chi connectivity index (χ2n) is 4.81. The summed E-state index contributed by atoms with van der Waals surface area (Å²) in [5.74, 6) is 0.297. The van der Waals surface area contributed by atoms with E-state index in [0.29, 0.717) is 11.4 Å². The van der Waals surface area contributed by atoms with Gasteiger partial charge in [0.05, 0.1) is 18.2 Å². The highest BCUT2D eigenvalue weighted by Crippen LogP contribution is 2.31. The first kappa shape index (κ1) is 14.8. The number of esters is 1. The molecule has 4 nitrogen and oxygen atoms in total. The van der Waals surface area contributed by atoms with Crippen LogP contribution in [-0.4, -0.2) is 19.7 Å². The standard InChI is InChI=1S/C13H18BrNO3/c1-8-5-9(14)6-10(15)11(8)18-7-13(2,3)12(16)17-4/h5-6H,7,15H2,1-4H3. The number of ether oxygens (including phenoxy) is 2. The molecule has 0 spiro atoms. The van der Waals surface area contributed by atoms with Crippen molar-refractivity contribution in [2.24, 2.45) is 5.41 Å². The van der Waals surface area contributed by atoms with Crippen molar-refractivity contribution in [1.82, 2.24) is 0 Å². The van der Waals surface area contributed by atoms with Crippen molar-refractivity contribution in [2.45, 2.75) is 20.8 Å². The molecular weight excluding hydrogens is 298 g/mol. The number of carbonyl (C=O) groups is 1. The molecule has 0 bridgehead atoms. The number of halogens is 1. The van der Waals surface area contributed by atoms with Crippen LogP contribution in [0.4, 0.5) is 5.69 Å². The molecule has 2 N–H and O–H groups in total. The summed E-state index contributed by atoms with van der Waals surface area (Å²) >= 11 is 3.36.